The molecule has 20 heavy (non-hydrogen) atoms. The molecule has 0 bridgehead atoms. The van der Waals surface area contributed by atoms with Crippen molar-refractivity contribution in [1.82, 2.24) is 0 Å². The number of aromatic nitrogens is 1. The number of hydrogen-bond donors (Lipinski definition) is 0. The van der Waals surface area contributed by atoms with Gasteiger partial charge in [-0.05, 0) is 29.7 Å². The average molecular weight is 301 g/mol. The Morgan fingerprint density at radius 1 is 0.900 bits per heavy atom. The number of rotatable bonds is 0. The zero-order valence-corrected chi connectivity index (χ0v) is 10.9. The Kier molecular flexibility index (Phi) is 4.13. The minimum absolute atomic E-state index is 0.780. The smallest absolute Gasteiger partial charge is 0.418 e. The molecule has 0 fully saturated rings. The minimum atomic E-state index is -6.00. The van der Waals surface area contributed by atoms with Crippen LogP contribution in [0.5, 0.6) is 0 Å². The van der Waals surface area contributed by atoms with Gasteiger partial charge in [0.1, 0.15) is 0 Å². The molecule has 3 rings (SSSR count). The van der Waals surface area contributed by atoms with E-state index in [-0.39, 0.29) is 0 Å². The number of benzene rings is 1. The third-order valence-electron chi connectivity index (χ3n) is 2.55. The van der Waals surface area contributed by atoms with Crippen LogP contribution in [0.3, 0.4) is 0 Å². The van der Waals surface area contributed by atoms with Gasteiger partial charge in [0.05, 0.1) is 0 Å². The van der Waals surface area contributed by atoms with Crippen LogP contribution < -0.4 is 4.40 Å². The number of halogens is 5. The third-order valence-corrected chi connectivity index (χ3v) is 2.79. The Balaban J connectivity index is 0.000000257. The molecule has 0 aliphatic carbocycles. The molecule has 0 saturated heterocycles. The summed E-state index contributed by atoms with van der Waals surface area (Å²) >= 11 is 5.96. The van der Waals surface area contributed by atoms with Crippen molar-refractivity contribution in [2.45, 2.75) is 0 Å². The van der Waals surface area contributed by atoms with E-state index in [1.54, 1.807) is 0 Å². The predicted molar refractivity (Wildman–Crippen MR) is 72.3 cm³/mol. The van der Waals surface area contributed by atoms with E-state index in [0.29, 0.717) is 0 Å². The van der Waals surface area contributed by atoms with Crippen LogP contribution in [0.15, 0.2) is 54.9 Å². The van der Waals surface area contributed by atoms with Crippen LogP contribution >= 0.6 is 11.6 Å². The van der Waals surface area contributed by atoms with Crippen LogP contribution in [-0.2, 0) is 0 Å². The van der Waals surface area contributed by atoms with E-state index in [1.165, 1.54) is 16.3 Å². The van der Waals surface area contributed by atoms with Crippen LogP contribution in [0.2, 0.25) is 5.02 Å². The van der Waals surface area contributed by atoms with Crippen LogP contribution in [0.25, 0.3) is 16.3 Å². The fourth-order valence-corrected chi connectivity index (χ4v) is 1.99. The molecule has 0 aliphatic heterocycles. The summed E-state index contributed by atoms with van der Waals surface area (Å²) in [7, 11) is -6.00. The molecule has 0 aliphatic rings. The molecule has 0 N–H and O–H groups in total. The maximum absolute atomic E-state index is 9.75. The fourth-order valence-electron chi connectivity index (χ4n) is 1.81. The van der Waals surface area contributed by atoms with Crippen molar-refractivity contribution in [3.63, 3.8) is 0 Å². The first-order chi connectivity index (χ1) is 9.33. The van der Waals surface area contributed by atoms with Crippen LogP contribution in [-0.4, -0.2) is 7.25 Å². The molecule has 1 nitrogen and oxygen atoms in total. The Morgan fingerprint density at radius 2 is 1.60 bits per heavy atom. The van der Waals surface area contributed by atoms with Gasteiger partial charge in [-0.3, -0.25) is 0 Å². The van der Waals surface area contributed by atoms with Crippen molar-refractivity contribution in [2.75, 3.05) is 0 Å². The molecule has 0 saturated carbocycles. The molecule has 0 amide bonds. The van der Waals surface area contributed by atoms with E-state index in [2.05, 4.69) is 22.7 Å². The molecule has 0 spiro atoms. The number of fused-ring (bicyclic) bond motifs is 2. The second-order valence-corrected chi connectivity index (χ2v) is 4.51. The molecular formula is C13H9BClF4N. The zero-order valence-electron chi connectivity index (χ0n) is 10.1. The highest BCUT2D eigenvalue weighted by Crippen LogP contribution is 2.18. The maximum atomic E-state index is 9.75. The molecular weight excluding hydrogens is 292 g/mol. The monoisotopic (exact) mass is 301 g/mol. The van der Waals surface area contributed by atoms with Gasteiger partial charge in [-0.15, -0.1) is 0 Å². The highest BCUT2D eigenvalue weighted by Gasteiger charge is 2.20. The molecule has 0 unspecified atom stereocenters. The van der Waals surface area contributed by atoms with Crippen LogP contribution in [0, 0.1) is 0 Å². The molecule has 2 aromatic heterocycles. The Hall–Kier alpha value is -1.82. The number of hydrogen-bond acceptors (Lipinski definition) is 0. The van der Waals surface area contributed by atoms with Crippen molar-refractivity contribution >= 4 is 35.1 Å². The van der Waals surface area contributed by atoms with Gasteiger partial charge in [0.2, 0.25) is 5.52 Å². The fraction of sp³-hybridized carbons (Fsp3) is 0. The Morgan fingerprint density at radius 3 is 2.30 bits per heavy atom. The number of pyridine rings is 2. The molecule has 7 heteroatoms. The van der Waals surface area contributed by atoms with Crippen molar-refractivity contribution < 1.29 is 21.7 Å². The summed E-state index contributed by atoms with van der Waals surface area (Å²) in [5.74, 6) is 0. The van der Waals surface area contributed by atoms with Gasteiger partial charge < -0.3 is 17.3 Å². The summed E-state index contributed by atoms with van der Waals surface area (Å²) in [5, 5.41) is 3.15. The summed E-state index contributed by atoms with van der Waals surface area (Å²) in [6.45, 7) is 0. The van der Waals surface area contributed by atoms with Gasteiger partial charge in [0.25, 0.3) is 0 Å². The Bertz CT molecular complexity index is 739. The zero-order chi connectivity index (χ0) is 14.8. The molecule has 104 valence electrons. The molecule has 0 atom stereocenters. The Labute approximate surface area is 117 Å². The van der Waals surface area contributed by atoms with Gasteiger partial charge in [-0.2, -0.15) is 4.40 Å². The van der Waals surface area contributed by atoms with Crippen LogP contribution in [0.1, 0.15) is 0 Å². The van der Waals surface area contributed by atoms with E-state index >= 15 is 0 Å². The first-order valence-electron chi connectivity index (χ1n) is 5.69. The lowest BCUT2D eigenvalue weighted by molar-refractivity contribution is -0.510. The summed E-state index contributed by atoms with van der Waals surface area (Å²) in [4.78, 5) is 0. The van der Waals surface area contributed by atoms with Gasteiger partial charge in [0.15, 0.2) is 12.4 Å². The summed E-state index contributed by atoms with van der Waals surface area (Å²) in [6.07, 6.45) is 4.16. The first kappa shape index (κ1) is 14.6. The van der Waals surface area contributed by atoms with Gasteiger partial charge in [0, 0.05) is 28.6 Å². The summed E-state index contributed by atoms with van der Waals surface area (Å²) in [5.41, 5.74) is 1.17. The van der Waals surface area contributed by atoms with E-state index in [4.69, 9.17) is 11.6 Å². The lowest BCUT2D eigenvalue weighted by Crippen LogP contribution is -2.19. The van der Waals surface area contributed by atoms with Gasteiger partial charge in [-0.1, -0.05) is 11.6 Å². The van der Waals surface area contributed by atoms with Crippen molar-refractivity contribution in [3.8, 4) is 0 Å². The normalized spacial score (nSPS) is 11.2. The second kappa shape index (κ2) is 5.67. The second-order valence-electron chi connectivity index (χ2n) is 4.07. The summed E-state index contributed by atoms with van der Waals surface area (Å²) in [6, 6.07) is 14.2. The number of nitrogens with zero attached hydrogens (tertiary/aromatic N) is 1. The predicted octanol–water partition coefficient (Wildman–Crippen LogP) is 4.53. The standard InChI is InChI=1S/C13H9ClN.BF4/c14-12-5-4-10-9-15-6-2-1-3-13(15)8-11(10)7-12;2-1(3,4)5/h1-9H;/q+1;-1. The molecule has 0 radical (unpaired) electrons. The van der Waals surface area contributed by atoms with Crippen molar-refractivity contribution in [3.05, 3.63) is 59.9 Å². The molecule has 2 heterocycles. The largest absolute Gasteiger partial charge is 0.673 e. The maximum Gasteiger partial charge on any atom is 0.673 e. The van der Waals surface area contributed by atoms with E-state index in [0.717, 1.165) is 5.02 Å². The van der Waals surface area contributed by atoms with Crippen molar-refractivity contribution in [1.29, 1.82) is 0 Å². The molecule has 3 aromatic rings. The highest BCUT2D eigenvalue weighted by atomic mass is 35.5. The van der Waals surface area contributed by atoms with Crippen molar-refractivity contribution in [2.24, 2.45) is 0 Å². The SMILES string of the molecule is Clc1ccc2c[n+]3ccccc3cc2c1.F[B-](F)(F)F. The molecule has 1 aromatic carbocycles. The topological polar surface area (TPSA) is 4.10 Å². The minimum Gasteiger partial charge on any atom is -0.418 e. The average Bonchev–Trinajstić information content (AvgIpc) is 2.34. The first-order valence-corrected chi connectivity index (χ1v) is 6.07. The van der Waals surface area contributed by atoms with Crippen LogP contribution in [0.4, 0.5) is 17.3 Å². The summed E-state index contributed by atoms with van der Waals surface area (Å²) < 4.78 is 41.1. The third kappa shape index (κ3) is 4.10. The van der Waals surface area contributed by atoms with E-state index in [1.807, 2.05) is 36.5 Å². The van der Waals surface area contributed by atoms with Gasteiger partial charge >= 0.3 is 7.25 Å². The van der Waals surface area contributed by atoms with E-state index in [9.17, 15) is 17.3 Å². The highest BCUT2D eigenvalue weighted by molar-refractivity contribution is 6.50. The lowest BCUT2D eigenvalue weighted by atomic mass is 10.1. The lowest BCUT2D eigenvalue weighted by Gasteiger charge is -1.97. The van der Waals surface area contributed by atoms with Gasteiger partial charge in [-0.25, -0.2) is 0 Å². The van der Waals surface area contributed by atoms with E-state index < -0.39 is 7.25 Å². The quantitative estimate of drug-likeness (QED) is 0.249.